The number of fused-ring (bicyclic) bond motifs is 3. The lowest BCUT2D eigenvalue weighted by atomic mass is 9.98. The number of benzene rings is 3. The van der Waals surface area contributed by atoms with Crippen LogP contribution in [0.1, 0.15) is 34.7 Å². The first kappa shape index (κ1) is 18.9. The normalized spacial score (nSPS) is 19.8. The van der Waals surface area contributed by atoms with E-state index >= 15 is 0 Å². The van der Waals surface area contributed by atoms with E-state index in [4.69, 9.17) is 26.0 Å². The molecule has 0 aliphatic carbocycles. The van der Waals surface area contributed by atoms with Crippen molar-refractivity contribution in [3.63, 3.8) is 0 Å². The molecule has 0 saturated carbocycles. The fourth-order valence-electron chi connectivity index (χ4n) is 4.19. The van der Waals surface area contributed by atoms with Crippen molar-refractivity contribution in [3.05, 3.63) is 114 Å². The summed E-state index contributed by atoms with van der Waals surface area (Å²) in [6.07, 6.45) is 1.51. The molecule has 2 N–H and O–H groups in total. The molecule has 4 aromatic rings. The Kier molecular flexibility index (Phi) is 4.55. The molecule has 0 radical (unpaired) electrons. The van der Waals surface area contributed by atoms with Crippen LogP contribution in [-0.4, -0.2) is 11.7 Å². The Bertz CT molecular complexity index is 1390. The van der Waals surface area contributed by atoms with Gasteiger partial charge in [-0.1, -0.05) is 90.5 Å². The number of rotatable bonds is 3. The Labute approximate surface area is 190 Å². The minimum atomic E-state index is -0.260. The second-order valence-electron chi connectivity index (χ2n) is 7.71. The molecule has 1 aromatic heterocycles. The highest BCUT2D eigenvalue weighted by atomic mass is 35.5. The van der Waals surface area contributed by atoms with Gasteiger partial charge in [0.2, 0.25) is 0 Å². The van der Waals surface area contributed by atoms with E-state index in [1.165, 1.54) is 0 Å². The maximum atomic E-state index is 6.49. The molecule has 3 aromatic carbocycles. The summed E-state index contributed by atoms with van der Waals surface area (Å²) in [4.78, 5) is 9.85. The fraction of sp³-hybridized carbons (Fsp3) is 0.0769. The van der Waals surface area contributed by atoms with Crippen LogP contribution >= 0.6 is 11.6 Å². The minimum absolute atomic E-state index is 0.253. The predicted molar refractivity (Wildman–Crippen MR) is 129 cm³/mol. The van der Waals surface area contributed by atoms with Crippen LogP contribution in [0.2, 0.25) is 0 Å². The first-order chi connectivity index (χ1) is 15.8. The van der Waals surface area contributed by atoms with Crippen LogP contribution in [0.25, 0.3) is 16.0 Å². The summed E-state index contributed by atoms with van der Waals surface area (Å²) in [6, 6.07) is 27.9. The molecular formula is C26H19ClN4O. The van der Waals surface area contributed by atoms with E-state index in [1.807, 2.05) is 72.8 Å². The van der Waals surface area contributed by atoms with Gasteiger partial charge in [-0.3, -0.25) is 0 Å². The third-order valence-corrected chi connectivity index (χ3v) is 5.98. The summed E-state index contributed by atoms with van der Waals surface area (Å²) < 4.78 is 6.09. The SMILES string of the molecule is ClC1=CNC(C2=NC(c3ccccc3)=NC(c3ccccc3)N2)c2c1oc1ccccc21. The summed E-state index contributed by atoms with van der Waals surface area (Å²) in [7, 11) is 0. The van der Waals surface area contributed by atoms with E-state index in [2.05, 4.69) is 22.8 Å². The Balaban J connectivity index is 1.50. The largest absolute Gasteiger partial charge is 0.455 e. The number of hydrogen-bond donors (Lipinski definition) is 2. The smallest absolute Gasteiger partial charge is 0.159 e. The van der Waals surface area contributed by atoms with Gasteiger partial charge in [0.15, 0.2) is 11.6 Å². The third kappa shape index (κ3) is 3.18. The first-order valence-corrected chi connectivity index (χ1v) is 10.8. The summed E-state index contributed by atoms with van der Waals surface area (Å²) in [5.74, 6) is 2.12. The number of furan rings is 1. The van der Waals surface area contributed by atoms with Crippen molar-refractivity contribution < 1.29 is 4.42 Å². The molecule has 2 aliphatic rings. The van der Waals surface area contributed by atoms with E-state index in [0.29, 0.717) is 16.6 Å². The van der Waals surface area contributed by atoms with Gasteiger partial charge in [0, 0.05) is 22.7 Å². The fourth-order valence-corrected chi connectivity index (χ4v) is 4.39. The van der Waals surface area contributed by atoms with Gasteiger partial charge in [-0.2, -0.15) is 0 Å². The summed E-state index contributed by atoms with van der Waals surface area (Å²) in [6.45, 7) is 0. The van der Waals surface area contributed by atoms with Crippen LogP contribution in [0.3, 0.4) is 0 Å². The van der Waals surface area contributed by atoms with Crippen molar-refractivity contribution in [1.29, 1.82) is 0 Å². The number of hydrogen-bond acceptors (Lipinski definition) is 5. The molecule has 0 fully saturated rings. The highest BCUT2D eigenvalue weighted by Gasteiger charge is 2.33. The molecule has 6 rings (SSSR count). The molecular weight excluding hydrogens is 420 g/mol. The molecule has 3 heterocycles. The van der Waals surface area contributed by atoms with Crippen LogP contribution in [0, 0.1) is 0 Å². The topological polar surface area (TPSA) is 61.9 Å². The molecule has 0 saturated heterocycles. The molecule has 5 nitrogen and oxygen atoms in total. The molecule has 0 spiro atoms. The molecule has 6 heteroatoms. The Morgan fingerprint density at radius 1 is 0.844 bits per heavy atom. The average molecular weight is 439 g/mol. The number of aliphatic imine (C=N–C) groups is 2. The maximum absolute atomic E-state index is 6.49. The van der Waals surface area contributed by atoms with Crippen molar-refractivity contribution in [3.8, 4) is 0 Å². The Morgan fingerprint density at radius 3 is 2.38 bits per heavy atom. The second-order valence-corrected chi connectivity index (χ2v) is 8.11. The zero-order valence-corrected chi connectivity index (χ0v) is 17.8. The predicted octanol–water partition coefficient (Wildman–Crippen LogP) is 5.76. The van der Waals surface area contributed by atoms with Crippen LogP contribution in [0.5, 0.6) is 0 Å². The molecule has 156 valence electrons. The van der Waals surface area contributed by atoms with Crippen molar-refractivity contribution in [2.45, 2.75) is 12.2 Å². The average Bonchev–Trinajstić information content (AvgIpc) is 3.26. The van der Waals surface area contributed by atoms with Gasteiger partial charge in [-0.15, -0.1) is 0 Å². The van der Waals surface area contributed by atoms with E-state index in [-0.39, 0.29) is 12.2 Å². The van der Waals surface area contributed by atoms with Gasteiger partial charge in [-0.05, 0) is 11.6 Å². The monoisotopic (exact) mass is 438 g/mol. The Hall–Kier alpha value is -3.83. The quantitative estimate of drug-likeness (QED) is 0.427. The molecule has 0 amide bonds. The van der Waals surface area contributed by atoms with Gasteiger partial charge in [0.05, 0.1) is 5.03 Å². The lowest BCUT2D eigenvalue weighted by Crippen LogP contribution is -2.41. The van der Waals surface area contributed by atoms with Crippen LogP contribution in [0.4, 0.5) is 0 Å². The van der Waals surface area contributed by atoms with Gasteiger partial charge in [0.25, 0.3) is 0 Å². The van der Waals surface area contributed by atoms with E-state index in [1.54, 1.807) is 6.20 Å². The second kappa shape index (κ2) is 7.70. The van der Waals surface area contributed by atoms with Gasteiger partial charge in [-0.25, -0.2) is 9.98 Å². The number of halogens is 1. The van der Waals surface area contributed by atoms with Crippen LogP contribution in [-0.2, 0) is 0 Å². The minimum Gasteiger partial charge on any atom is -0.455 e. The zero-order chi connectivity index (χ0) is 21.5. The number of nitrogens with one attached hydrogen (secondary N) is 2. The van der Waals surface area contributed by atoms with Gasteiger partial charge < -0.3 is 15.1 Å². The number of nitrogens with zero attached hydrogens (tertiary/aromatic N) is 2. The summed E-state index contributed by atoms with van der Waals surface area (Å²) >= 11 is 6.49. The van der Waals surface area contributed by atoms with Crippen molar-refractivity contribution >= 4 is 39.3 Å². The maximum Gasteiger partial charge on any atom is 0.159 e. The zero-order valence-electron chi connectivity index (χ0n) is 17.0. The molecule has 2 atom stereocenters. The van der Waals surface area contributed by atoms with Crippen LogP contribution < -0.4 is 10.6 Å². The number of para-hydroxylation sites is 1. The molecule has 2 unspecified atom stereocenters. The summed E-state index contributed by atoms with van der Waals surface area (Å²) in [5, 5.41) is 8.50. The Morgan fingerprint density at radius 2 is 1.56 bits per heavy atom. The van der Waals surface area contributed by atoms with Crippen molar-refractivity contribution in [1.82, 2.24) is 10.6 Å². The van der Waals surface area contributed by atoms with E-state index in [0.717, 1.165) is 33.5 Å². The summed E-state index contributed by atoms with van der Waals surface area (Å²) in [5.41, 5.74) is 3.80. The van der Waals surface area contributed by atoms with Crippen molar-refractivity contribution in [2.24, 2.45) is 9.98 Å². The molecule has 2 aliphatic heterocycles. The third-order valence-electron chi connectivity index (χ3n) is 5.70. The lowest BCUT2D eigenvalue weighted by Gasteiger charge is -2.30. The van der Waals surface area contributed by atoms with Gasteiger partial charge in [0.1, 0.15) is 23.6 Å². The number of amidine groups is 2. The standard InChI is InChI=1S/C26H19ClN4O/c27-19-15-28-22(21-18-13-7-8-14-20(18)32-23(19)21)26-30-24(16-9-3-1-4-10-16)29-25(31-26)17-11-5-2-6-12-17/h1-15,22,24,28H,(H,29,30,31). The highest BCUT2D eigenvalue weighted by Crippen LogP contribution is 2.40. The molecule has 0 bridgehead atoms. The molecule has 32 heavy (non-hydrogen) atoms. The van der Waals surface area contributed by atoms with E-state index < -0.39 is 0 Å². The van der Waals surface area contributed by atoms with Gasteiger partial charge >= 0.3 is 0 Å². The first-order valence-electron chi connectivity index (χ1n) is 10.4. The highest BCUT2D eigenvalue weighted by molar-refractivity contribution is 6.48. The van der Waals surface area contributed by atoms with Crippen molar-refractivity contribution in [2.75, 3.05) is 0 Å². The lowest BCUT2D eigenvalue weighted by molar-refractivity contribution is 0.578. The van der Waals surface area contributed by atoms with E-state index in [9.17, 15) is 0 Å². The van der Waals surface area contributed by atoms with Crippen LogP contribution in [0.15, 0.2) is 106 Å².